The van der Waals surface area contributed by atoms with Gasteiger partial charge in [-0.2, -0.15) is 0 Å². The van der Waals surface area contributed by atoms with Crippen LogP contribution >= 0.6 is 12.4 Å². The highest BCUT2D eigenvalue weighted by molar-refractivity contribution is 5.94. The van der Waals surface area contributed by atoms with Crippen molar-refractivity contribution in [3.8, 4) is 0 Å². The predicted octanol–water partition coefficient (Wildman–Crippen LogP) is 2.60. The van der Waals surface area contributed by atoms with Crippen LogP contribution in [0, 0.1) is 17.8 Å². The van der Waals surface area contributed by atoms with E-state index in [4.69, 9.17) is 0 Å². The first-order valence-electron chi connectivity index (χ1n) is 8.02. The molecule has 0 aromatic heterocycles. The Hall–Kier alpha value is -1.20. The van der Waals surface area contributed by atoms with E-state index in [0.717, 1.165) is 19.5 Å². The van der Waals surface area contributed by atoms with Crippen LogP contribution in [-0.4, -0.2) is 42.9 Å². The van der Waals surface area contributed by atoms with Crippen molar-refractivity contribution in [3.05, 3.63) is 35.4 Å². The number of carbonyl (C=O) groups is 1. The molecule has 4 rings (SSSR count). The smallest absolute Gasteiger partial charge is 0.258 e. The molecule has 3 fully saturated rings. The number of benzene rings is 1. The van der Waals surface area contributed by atoms with E-state index in [1.54, 1.807) is 4.90 Å². The number of halogens is 3. The van der Waals surface area contributed by atoms with Gasteiger partial charge in [0.1, 0.15) is 0 Å². The zero-order valence-corrected chi connectivity index (χ0v) is 13.6. The van der Waals surface area contributed by atoms with E-state index in [-0.39, 0.29) is 31.4 Å². The van der Waals surface area contributed by atoms with E-state index in [0.29, 0.717) is 11.5 Å². The second-order valence-corrected chi connectivity index (χ2v) is 6.86. The number of piperidine rings is 1. The molecule has 1 aromatic rings. The zero-order valence-electron chi connectivity index (χ0n) is 12.8. The molecule has 126 valence electrons. The van der Waals surface area contributed by atoms with Crippen molar-refractivity contribution in [1.29, 1.82) is 0 Å². The number of fused-ring (bicyclic) bond motifs is 1. The minimum absolute atomic E-state index is 0. The molecule has 1 aromatic carbocycles. The van der Waals surface area contributed by atoms with Gasteiger partial charge in [0.15, 0.2) is 0 Å². The van der Waals surface area contributed by atoms with E-state index < -0.39 is 17.8 Å². The average Bonchev–Trinajstić information content (AvgIpc) is 2.98. The van der Waals surface area contributed by atoms with Crippen LogP contribution in [0.3, 0.4) is 0 Å². The van der Waals surface area contributed by atoms with Crippen molar-refractivity contribution in [2.24, 2.45) is 17.8 Å². The zero-order chi connectivity index (χ0) is 15.3. The van der Waals surface area contributed by atoms with Crippen LogP contribution < -0.4 is 5.32 Å². The van der Waals surface area contributed by atoms with Gasteiger partial charge in [-0.3, -0.25) is 4.79 Å². The minimum atomic E-state index is -2.53. The molecule has 2 heterocycles. The number of nitrogens with zero attached hydrogens (tertiary/aromatic N) is 1. The molecular formula is C17H21ClF2N2O. The number of hydrogen-bond donors (Lipinski definition) is 1. The Labute approximate surface area is 140 Å². The van der Waals surface area contributed by atoms with Crippen LogP contribution in [-0.2, 0) is 6.42 Å². The number of hydrogen-bond acceptors (Lipinski definition) is 2. The van der Waals surface area contributed by atoms with Crippen molar-refractivity contribution in [3.63, 3.8) is 0 Å². The molecule has 3 nitrogen and oxygen atoms in total. The fraction of sp³-hybridized carbons (Fsp3) is 0.588. The topological polar surface area (TPSA) is 32.3 Å². The molecule has 0 spiro atoms. The number of nitrogens with one attached hydrogen (secondary N) is 1. The molecule has 6 heteroatoms. The molecule has 1 amide bonds. The minimum Gasteiger partial charge on any atom is -0.338 e. The van der Waals surface area contributed by atoms with Crippen molar-refractivity contribution in [2.75, 3.05) is 26.2 Å². The van der Waals surface area contributed by atoms with E-state index in [1.807, 2.05) is 24.3 Å². The summed E-state index contributed by atoms with van der Waals surface area (Å²) in [6.45, 7) is 2.55. The Morgan fingerprint density at radius 3 is 2.43 bits per heavy atom. The molecule has 1 saturated carbocycles. The molecule has 0 bridgehead atoms. The Kier molecular flexibility index (Phi) is 4.36. The number of amides is 1. The molecule has 3 aliphatic rings. The summed E-state index contributed by atoms with van der Waals surface area (Å²) >= 11 is 0. The van der Waals surface area contributed by atoms with Crippen LogP contribution in [0.15, 0.2) is 24.3 Å². The first-order valence-corrected chi connectivity index (χ1v) is 8.02. The number of carbonyl (C=O) groups excluding carboxylic acids is 1. The number of rotatable bonds is 3. The van der Waals surface area contributed by atoms with Crippen LogP contribution in [0.2, 0.25) is 0 Å². The average molecular weight is 343 g/mol. The monoisotopic (exact) mass is 342 g/mol. The van der Waals surface area contributed by atoms with Crippen LogP contribution in [0.5, 0.6) is 0 Å². The van der Waals surface area contributed by atoms with Crippen molar-refractivity contribution >= 4 is 18.3 Å². The van der Waals surface area contributed by atoms with Crippen molar-refractivity contribution in [2.45, 2.75) is 18.8 Å². The molecule has 2 aliphatic heterocycles. The summed E-state index contributed by atoms with van der Waals surface area (Å²) in [7, 11) is 0. The summed E-state index contributed by atoms with van der Waals surface area (Å²) < 4.78 is 26.4. The summed E-state index contributed by atoms with van der Waals surface area (Å²) in [6.07, 6.45) is 2.23. The van der Waals surface area contributed by atoms with Crippen molar-refractivity contribution < 1.29 is 13.6 Å². The fourth-order valence-corrected chi connectivity index (χ4v) is 3.86. The summed E-state index contributed by atoms with van der Waals surface area (Å²) in [5, 5.41) is 3.35. The lowest BCUT2D eigenvalue weighted by molar-refractivity contribution is 0.0459. The summed E-state index contributed by atoms with van der Waals surface area (Å²) in [5.41, 5.74) is 1.85. The fourth-order valence-electron chi connectivity index (χ4n) is 3.86. The first kappa shape index (κ1) is 16.7. The van der Waals surface area contributed by atoms with Crippen LogP contribution in [0.25, 0.3) is 0 Å². The lowest BCUT2D eigenvalue weighted by Crippen LogP contribution is -2.33. The Balaban J connectivity index is 0.00000156. The SMILES string of the molecule is Cl.O=C(c1ccc(CC2CCNC2)cc1)N1CC2C(C1)C2(F)F. The molecule has 1 N–H and O–H groups in total. The highest BCUT2D eigenvalue weighted by atomic mass is 35.5. The second-order valence-electron chi connectivity index (χ2n) is 6.86. The lowest BCUT2D eigenvalue weighted by Gasteiger charge is -2.20. The van der Waals surface area contributed by atoms with Gasteiger partial charge in [-0.25, -0.2) is 8.78 Å². The van der Waals surface area contributed by atoms with E-state index in [1.165, 1.54) is 12.0 Å². The van der Waals surface area contributed by atoms with E-state index in [9.17, 15) is 13.6 Å². The van der Waals surface area contributed by atoms with Gasteiger partial charge in [0.05, 0.1) is 11.8 Å². The molecule has 3 atom stereocenters. The highest BCUT2D eigenvalue weighted by Crippen LogP contribution is 2.59. The molecule has 3 unspecified atom stereocenters. The third-order valence-corrected chi connectivity index (χ3v) is 5.37. The molecular weight excluding hydrogens is 322 g/mol. The summed E-state index contributed by atoms with van der Waals surface area (Å²) in [4.78, 5) is 13.9. The standard InChI is InChI=1S/C17H20F2N2O.ClH/c18-17(19)14-9-21(10-15(14)17)16(22)13-3-1-11(2-4-13)7-12-5-6-20-8-12;/h1-4,12,14-15,20H,5-10H2;1H. The maximum absolute atomic E-state index is 13.2. The van der Waals surface area contributed by atoms with Gasteiger partial charge in [-0.15, -0.1) is 12.4 Å². The summed E-state index contributed by atoms with van der Waals surface area (Å²) in [5.74, 6) is -3.18. The maximum Gasteiger partial charge on any atom is 0.258 e. The molecule has 2 saturated heterocycles. The Bertz CT molecular complexity index is 573. The van der Waals surface area contributed by atoms with E-state index >= 15 is 0 Å². The van der Waals surface area contributed by atoms with Gasteiger partial charge >= 0.3 is 0 Å². The molecule has 23 heavy (non-hydrogen) atoms. The van der Waals surface area contributed by atoms with Crippen LogP contribution in [0.4, 0.5) is 8.78 Å². The third-order valence-electron chi connectivity index (χ3n) is 5.37. The van der Waals surface area contributed by atoms with Gasteiger partial charge in [0, 0.05) is 18.7 Å². The van der Waals surface area contributed by atoms with E-state index in [2.05, 4.69) is 5.32 Å². The molecule has 1 aliphatic carbocycles. The Morgan fingerprint density at radius 1 is 1.22 bits per heavy atom. The molecule has 0 radical (unpaired) electrons. The normalized spacial score (nSPS) is 30.7. The quantitative estimate of drug-likeness (QED) is 0.915. The van der Waals surface area contributed by atoms with Gasteiger partial charge < -0.3 is 10.2 Å². The predicted molar refractivity (Wildman–Crippen MR) is 86.2 cm³/mol. The number of alkyl halides is 2. The van der Waals surface area contributed by atoms with Gasteiger partial charge in [0.25, 0.3) is 11.8 Å². The largest absolute Gasteiger partial charge is 0.338 e. The number of likely N-dealkylation sites (tertiary alicyclic amines) is 1. The Morgan fingerprint density at radius 2 is 1.87 bits per heavy atom. The van der Waals surface area contributed by atoms with Gasteiger partial charge in [0.2, 0.25) is 0 Å². The second kappa shape index (κ2) is 6.02. The highest BCUT2D eigenvalue weighted by Gasteiger charge is 2.72. The first-order chi connectivity index (χ1) is 10.6. The van der Waals surface area contributed by atoms with Crippen LogP contribution in [0.1, 0.15) is 22.3 Å². The maximum atomic E-state index is 13.2. The third kappa shape index (κ3) is 2.96. The lowest BCUT2D eigenvalue weighted by atomic mass is 9.98. The van der Waals surface area contributed by atoms with Gasteiger partial charge in [-0.05, 0) is 49.5 Å². The summed E-state index contributed by atoms with van der Waals surface area (Å²) in [6, 6.07) is 7.66. The van der Waals surface area contributed by atoms with Gasteiger partial charge in [-0.1, -0.05) is 12.1 Å². The van der Waals surface area contributed by atoms with Crippen molar-refractivity contribution in [1.82, 2.24) is 10.2 Å².